The molecule has 1 aliphatic rings. The fourth-order valence-corrected chi connectivity index (χ4v) is 3.99. The van der Waals surface area contributed by atoms with Gasteiger partial charge in [0.05, 0.1) is 4.92 Å². The Balaban J connectivity index is 2.33. The van der Waals surface area contributed by atoms with E-state index in [9.17, 15) is 18.5 Å². The average Bonchev–Trinajstić information content (AvgIpc) is 2.75. The Morgan fingerprint density at radius 2 is 2.18 bits per heavy atom. The molecule has 1 aliphatic carbocycles. The molecule has 0 unspecified atom stereocenters. The molecular weight excluding hydrogens is 266 g/mol. The summed E-state index contributed by atoms with van der Waals surface area (Å²) in [5.74, 6) is 0. The molecule has 1 saturated carbocycles. The van der Waals surface area contributed by atoms with Crippen LogP contribution < -0.4 is 10.5 Å². The molecule has 0 radical (unpaired) electrons. The highest BCUT2D eigenvalue weighted by atomic mass is 32.2. The van der Waals surface area contributed by atoms with Gasteiger partial charge in [0.1, 0.15) is 4.21 Å². The van der Waals surface area contributed by atoms with Crippen LogP contribution in [0.3, 0.4) is 0 Å². The number of nitrogens with zero attached hydrogens (tertiary/aromatic N) is 1. The predicted molar refractivity (Wildman–Crippen MR) is 63.3 cm³/mol. The smallest absolute Gasteiger partial charge is 0.304 e. The summed E-state index contributed by atoms with van der Waals surface area (Å²) in [4.78, 5) is 9.89. The molecule has 1 aromatic heterocycles. The third kappa shape index (κ3) is 2.40. The molecule has 9 heteroatoms. The third-order valence-corrected chi connectivity index (χ3v) is 5.63. The van der Waals surface area contributed by atoms with E-state index in [2.05, 4.69) is 4.72 Å². The summed E-state index contributed by atoms with van der Waals surface area (Å²) < 4.78 is 26.2. The van der Waals surface area contributed by atoms with Gasteiger partial charge in [0, 0.05) is 11.6 Å². The van der Waals surface area contributed by atoms with Crippen molar-refractivity contribution in [2.45, 2.75) is 29.5 Å². The Bertz CT molecular complexity index is 574. The molecule has 94 valence electrons. The molecule has 1 aromatic rings. The van der Waals surface area contributed by atoms with Crippen LogP contribution in [0.15, 0.2) is 10.3 Å². The first-order valence-corrected chi connectivity index (χ1v) is 7.11. The summed E-state index contributed by atoms with van der Waals surface area (Å²) in [6.45, 7) is 1.79. The highest BCUT2D eigenvalue weighted by Crippen LogP contribution is 2.39. The molecule has 1 fully saturated rings. The maximum Gasteiger partial charge on any atom is 0.304 e. The molecule has 0 spiro atoms. The van der Waals surface area contributed by atoms with Crippen LogP contribution in [0.1, 0.15) is 19.8 Å². The maximum absolute atomic E-state index is 11.9. The molecule has 7 nitrogen and oxygen atoms in total. The first-order chi connectivity index (χ1) is 7.73. The van der Waals surface area contributed by atoms with Gasteiger partial charge in [-0.05, 0) is 19.8 Å². The first-order valence-electron chi connectivity index (χ1n) is 4.81. The van der Waals surface area contributed by atoms with Gasteiger partial charge in [-0.1, -0.05) is 11.3 Å². The maximum atomic E-state index is 11.9. The number of hydrogen-bond donors (Lipinski definition) is 2. The van der Waals surface area contributed by atoms with E-state index in [0.717, 1.165) is 18.9 Å². The van der Waals surface area contributed by atoms with E-state index in [-0.39, 0.29) is 14.9 Å². The molecule has 2 rings (SSSR count). The van der Waals surface area contributed by atoms with Crippen molar-refractivity contribution in [2.75, 3.05) is 5.73 Å². The fraction of sp³-hybridized carbons (Fsp3) is 0.500. The molecule has 0 bridgehead atoms. The van der Waals surface area contributed by atoms with E-state index >= 15 is 0 Å². The number of sulfonamides is 1. The number of hydrogen-bond acceptors (Lipinski definition) is 6. The van der Waals surface area contributed by atoms with Crippen LogP contribution in [0.25, 0.3) is 0 Å². The van der Waals surface area contributed by atoms with Crippen molar-refractivity contribution in [2.24, 2.45) is 0 Å². The van der Waals surface area contributed by atoms with Gasteiger partial charge in [0.25, 0.3) is 10.0 Å². The summed E-state index contributed by atoms with van der Waals surface area (Å²) >= 11 is 0.704. The Labute approximate surface area is 102 Å². The second kappa shape index (κ2) is 3.65. The van der Waals surface area contributed by atoms with Crippen molar-refractivity contribution in [3.8, 4) is 0 Å². The number of nitrogens with one attached hydrogen (secondary N) is 1. The second-order valence-electron chi connectivity index (χ2n) is 4.24. The van der Waals surface area contributed by atoms with E-state index in [1.165, 1.54) is 0 Å². The topological polar surface area (TPSA) is 115 Å². The van der Waals surface area contributed by atoms with Crippen LogP contribution in [-0.4, -0.2) is 18.9 Å². The number of nitrogen functional groups attached to an aromatic ring is 1. The highest BCUT2D eigenvalue weighted by Gasteiger charge is 2.42. The molecule has 0 aromatic carbocycles. The summed E-state index contributed by atoms with van der Waals surface area (Å²) in [6, 6.07) is 0.994. The zero-order valence-electron chi connectivity index (χ0n) is 8.97. The quantitative estimate of drug-likeness (QED) is 0.631. The molecular formula is C8H11N3O4S2. The minimum absolute atomic E-state index is 0.101. The van der Waals surface area contributed by atoms with Gasteiger partial charge in [0.2, 0.25) is 0 Å². The highest BCUT2D eigenvalue weighted by molar-refractivity contribution is 7.91. The molecule has 0 aliphatic heterocycles. The Hall–Kier alpha value is -1.19. The van der Waals surface area contributed by atoms with Crippen LogP contribution in [0, 0.1) is 10.1 Å². The van der Waals surface area contributed by atoms with Crippen molar-refractivity contribution in [1.29, 1.82) is 0 Å². The van der Waals surface area contributed by atoms with Crippen LogP contribution in [0.5, 0.6) is 0 Å². The molecule has 0 atom stereocenters. The van der Waals surface area contributed by atoms with Crippen molar-refractivity contribution < 1.29 is 13.3 Å². The van der Waals surface area contributed by atoms with Gasteiger partial charge >= 0.3 is 5.69 Å². The van der Waals surface area contributed by atoms with Crippen LogP contribution in [0.4, 0.5) is 10.7 Å². The number of thiophene rings is 1. The van der Waals surface area contributed by atoms with Crippen molar-refractivity contribution in [3.05, 3.63) is 16.2 Å². The molecule has 1 heterocycles. The number of rotatable bonds is 4. The molecule has 17 heavy (non-hydrogen) atoms. The summed E-state index contributed by atoms with van der Waals surface area (Å²) in [5.41, 5.74) is 4.63. The predicted octanol–water partition coefficient (Wildman–Crippen LogP) is 1.07. The fourth-order valence-electron chi connectivity index (χ4n) is 1.31. The normalized spacial score (nSPS) is 17.9. The second-order valence-corrected chi connectivity index (χ2v) is 7.23. The van der Waals surface area contributed by atoms with E-state index in [4.69, 9.17) is 5.73 Å². The zero-order valence-corrected chi connectivity index (χ0v) is 10.6. The summed E-state index contributed by atoms with van der Waals surface area (Å²) in [5, 5.41) is 10.5. The van der Waals surface area contributed by atoms with E-state index in [1.807, 2.05) is 0 Å². The van der Waals surface area contributed by atoms with E-state index < -0.39 is 20.5 Å². The third-order valence-electron chi connectivity index (χ3n) is 2.56. The number of nitrogens with two attached hydrogens (primary N) is 1. The van der Waals surface area contributed by atoms with Crippen molar-refractivity contribution in [3.63, 3.8) is 0 Å². The van der Waals surface area contributed by atoms with E-state index in [0.29, 0.717) is 11.3 Å². The number of anilines is 1. The standard InChI is InChI=1S/C8H11N3O4S2/c1-8(2-3-8)10-17(14,15)6-4-5(11(12)13)7(9)16-6/h4,10H,2-3,9H2,1H3. The first kappa shape index (κ1) is 12.3. The lowest BCUT2D eigenvalue weighted by Gasteiger charge is -2.09. The Morgan fingerprint density at radius 1 is 1.59 bits per heavy atom. The van der Waals surface area contributed by atoms with Gasteiger partial charge in [0.15, 0.2) is 5.00 Å². The van der Waals surface area contributed by atoms with Gasteiger partial charge < -0.3 is 5.73 Å². The number of nitro groups is 1. The van der Waals surface area contributed by atoms with Crippen LogP contribution in [0.2, 0.25) is 0 Å². The molecule has 3 N–H and O–H groups in total. The van der Waals surface area contributed by atoms with Gasteiger partial charge in [-0.3, -0.25) is 10.1 Å². The van der Waals surface area contributed by atoms with E-state index in [1.54, 1.807) is 6.92 Å². The Kier molecular flexibility index (Phi) is 2.64. The molecule has 0 saturated heterocycles. The molecule has 0 amide bonds. The summed E-state index contributed by atoms with van der Waals surface area (Å²) in [7, 11) is -3.71. The monoisotopic (exact) mass is 277 g/mol. The largest absolute Gasteiger partial charge is 0.385 e. The van der Waals surface area contributed by atoms with Gasteiger partial charge in [-0.2, -0.15) is 0 Å². The Morgan fingerprint density at radius 3 is 2.59 bits per heavy atom. The minimum Gasteiger partial charge on any atom is -0.385 e. The van der Waals surface area contributed by atoms with Crippen LogP contribution in [-0.2, 0) is 10.0 Å². The van der Waals surface area contributed by atoms with Gasteiger partial charge in [-0.25, -0.2) is 13.1 Å². The van der Waals surface area contributed by atoms with Crippen molar-refractivity contribution >= 4 is 32.0 Å². The lowest BCUT2D eigenvalue weighted by molar-refractivity contribution is -0.383. The zero-order chi connectivity index (χ0) is 12.8. The summed E-state index contributed by atoms with van der Waals surface area (Å²) in [6.07, 6.45) is 1.55. The average molecular weight is 277 g/mol. The lowest BCUT2D eigenvalue weighted by atomic mass is 10.4. The minimum atomic E-state index is -3.71. The van der Waals surface area contributed by atoms with Crippen LogP contribution >= 0.6 is 11.3 Å². The van der Waals surface area contributed by atoms with Crippen molar-refractivity contribution in [1.82, 2.24) is 4.72 Å². The SMILES string of the molecule is CC1(NS(=O)(=O)c2cc([N+](=O)[O-])c(N)s2)CC1. The lowest BCUT2D eigenvalue weighted by Crippen LogP contribution is -2.33. The van der Waals surface area contributed by atoms with Gasteiger partial charge in [-0.15, -0.1) is 0 Å².